The fraction of sp³-hybridized carbons (Fsp3) is 0.0192. The molecule has 2 aliphatic rings. The van der Waals surface area contributed by atoms with E-state index in [1.165, 1.54) is 48.7 Å². The number of fused-ring (bicyclic) bond motifs is 9. The third kappa shape index (κ3) is 5.18. The molecule has 0 N–H and O–H groups in total. The van der Waals surface area contributed by atoms with Crippen LogP contribution in [-0.4, -0.2) is 15.0 Å². The van der Waals surface area contributed by atoms with Crippen LogP contribution in [0.25, 0.3) is 67.5 Å². The van der Waals surface area contributed by atoms with Crippen LogP contribution in [0.15, 0.2) is 210 Å². The van der Waals surface area contributed by atoms with Crippen molar-refractivity contribution in [3.05, 3.63) is 222 Å². The van der Waals surface area contributed by atoms with Crippen LogP contribution in [0.2, 0.25) is 0 Å². The normalized spacial score (nSPS) is 13.1. The lowest BCUT2D eigenvalue weighted by Crippen LogP contribution is -2.32. The molecule has 1 aromatic heterocycles. The Morgan fingerprint density at radius 3 is 1.39 bits per heavy atom. The van der Waals surface area contributed by atoms with Crippen molar-refractivity contribution in [2.24, 2.45) is 0 Å². The highest BCUT2D eigenvalue weighted by atomic mass is 32.2. The van der Waals surface area contributed by atoms with E-state index < -0.39 is 5.41 Å². The maximum atomic E-state index is 5.08. The number of hydrogen-bond acceptors (Lipinski definition) is 4. The first-order valence-electron chi connectivity index (χ1n) is 18.9. The molecule has 1 aliphatic heterocycles. The topological polar surface area (TPSA) is 38.7 Å². The van der Waals surface area contributed by atoms with Crippen molar-refractivity contribution in [2.45, 2.75) is 15.2 Å². The third-order valence-corrected chi connectivity index (χ3v) is 12.4. The molecule has 11 rings (SSSR count). The van der Waals surface area contributed by atoms with Crippen molar-refractivity contribution < 1.29 is 0 Å². The highest BCUT2D eigenvalue weighted by molar-refractivity contribution is 7.99. The lowest BCUT2D eigenvalue weighted by molar-refractivity contribution is 0.723. The summed E-state index contributed by atoms with van der Waals surface area (Å²) in [5.74, 6) is 1.93. The van der Waals surface area contributed by atoms with E-state index in [1.807, 2.05) is 48.2 Å². The summed E-state index contributed by atoms with van der Waals surface area (Å²) < 4.78 is 0. The molecule has 0 unspecified atom stereocenters. The van der Waals surface area contributed by atoms with Crippen molar-refractivity contribution in [1.82, 2.24) is 15.0 Å². The molecule has 9 aromatic rings. The standard InChI is InChI=1S/C52H33N3S/c1-3-14-34(15-4-1)38-18-13-19-40(32-38)51-54-49(36-16-5-2-6-17-36)53-50(55-51)37-28-26-35(27-29-37)39-30-31-48-46(33-39)52(45-24-11-12-25-47(45)56-48)43-22-9-7-20-41(43)42-21-8-10-23-44(42)52/h1-33H. The van der Waals surface area contributed by atoms with E-state index in [0.29, 0.717) is 17.5 Å². The SMILES string of the molecule is c1ccc(-c2cccc(-c3nc(-c4ccccc4)nc(-c4ccc(-c5ccc6c(c5)C5(c7ccccc7S6)c6ccccc6-c6ccccc65)cc4)n3)c2)cc1. The third-order valence-electron chi connectivity index (χ3n) is 11.2. The minimum absolute atomic E-state index is 0.409. The van der Waals surface area contributed by atoms with E-state index in [0.717, 1.165) is 33.4 Å². The molecule has 0 bridgehead atoms. The number of nitrogens with zero attached hydrogens (tertiary/aromatic N) is 3. The Bertz CT molecular complexity index is 2890. The molecular formula is C52H33N3S. The Labute approximate surface area is 330 Å². The van der Waals surface area contributed by atoms with Gasteiger partial charge in [-0.15, -0.1) is 0 Å². The largest absolute Gasteiger partial charge is 0.208 e. The Balaban J connectivity index is 1.02. The van der Waals surface area contributed by atoms with E-state index in [-0.39, 0.29) is 0 Å². The molecule has 2 heterocycles. The quantitative estimate of drug-likeness (QED) is 0.177. The zero-order valence-electron chi connectivity index (χ0n) is 30.3. The first-order chi connectivity index (χ1) is 27.7. The van der Waals surface area contributed by atoms with Gasteiger partial charge in [0.25, 0.3) is 0 Å². The fourth-order valence-corrected chi connectivity index (χ4v) is 9.84. The van der Waals surface area contributed by atoms with Crippen LogP contribution in [0.3, 0.4) is 0 Å². The second-order valence-corrected chi connectivity index (χ2v) is 15.4. The van der Waals surface area contributed by atoms with Crippen LogP contribution in [0.4, 0.5) is 0 Å². The summed E-state index contributed by atoms with van der Waals surface area (Å²) in [6.45, 7) is 0. The minimum Gasteiger partial charge on any atom is -0.208 e. The first kappa shape index (κ1) is 32.5. The van der Waals surface area contributed by atoms with Crippen molar-refractivity contribution in [3.63, 3.8) is 0 Å². The molecule has 0 saturated heterocycles. The Morgan fingerprint density at radius 2 is 0.714 bits per heavy atom. The zero-order chi connectivity index (χ0) is 37.1. The summed E-state index contributed by atoms with van der Waals surface area (Å²) in [6, 6.07) is 71.6. The van der Waals surface area contributed by atoms with Gasteiger partial charge in [-0.3, -0.25) is 0 Å². The highest BCUT2D eigenvalue weighted by Crippen LogP contribution is 2.62. The molecule has 262 valence electrons. The average molecular weight is 732 g/mol. The van der Waals surface area contributed by atoms with Gasteiger partial charge in [-0.05, 0) is 79.9 Å². The van der Waals surface area contributed by atoms with Gasteiger partial charge in [0.1, 0.15) is 0 Å². The van der Waals surface area contributed by atoms with E-state index in [4.69, 9.17) is 15.0 Å². The average Bonchev–Trinajstić information content (AvgIpc) is 3.57. The highest BCUT2D eigenvalue weighted by Gasteiger charge is 2.50. The van der Waals surface area contributed by atoms with Gasteiger partial charge in [0, 0.05) is 26.5 Å². The molecule has 1 aliphatic carbocycles. The summed E-state index contributed by atoms with van der Waals surface area (Å²) in [4.78, 5) is 17.7. The van der Waals surface area contributed by atoms with Crippen LogP contribution in [0.1, 0.15) is 22.3 Å². The van der Waals surface area contributed by atoms with Crippen LogP contribution in [0, 0.1) is 0 Å². The molecular weight excluding hydrogens is 699 g/mol. The summed E-state index contributed by atoms with van der Waals surface area (Å²) in [6.07, 6.45) is 0. The summed E-state index contributed by atoms with van der Waals surface area (Å²) >= 11 is 1.87. The van der Waals surface area contributed by atoms with Crippen LogP contribution in [-0.2, 0) is 5.41 Å². The summed E-state index contributed by atoms with van der Waals surface area (Å²) in [5.41, 5.74) is 15.0. The Hall–Kier alpha value is -6.88. The van der Waals surface area contributed by atoms with Crippen molar-refractivity contribution in [2.75, 3.05) is 0 Å². The maximum absolute atomic E-state index is 5.08. The molecule has 0 amide bonds. The number of rotatable bonds is 5. The fourth-order valence-electron chi connectivity index (χ4n) is 8.67. The van der Waals surface area contributed by atoms with Gasteiger partial charge in [0.2, 0.25) is 0 Å². The molecule has 4 heteroatoms. The molecule has 3 nitrogen and oxygen atoms in total. The van der Waals surface area contributed by atoms with Gasteiger partial charge >= 0.3 is 0 Å². The van der Waals surface area contributed by atoms with Crippen LogP contribution >= 0.6 is 11.8 Å². The minimum atomic E-state index is -0.409. The van der Waals surface area contributed by atoms with Crippen molar-refractivity contribution in [3.8, 4) is 67.5 Å². The Morgan fingerprint density at radius 1 is 0.286 bits per heavy atom. The smallest absolute Gasteiger partial charge is 0.164 e. The van der Waals surface area contributed by atoms with Gasteiger partial charge < -0.3 is 0 Å². The van der Waals surface area contributed by atoms with Gasteiger partial charge in [-0.1, -0.05) is 188 Å². The Kier molecular flexibility index (Phi) is 7.64. The second-order valence-electron chi connectivity index (χ2n) is 14.3. The van der Waals surface area contributed by atoms with Gasteiger partial charge in [-0.2, -0.15) is 0 Å². The van der Waals surface area contributed by atoms with Crippen LogP contribution in [0.5, 0.6) is 0 Å². The summed E-state index contributed by atoms with van der Waals surface area (Å²) in [5, 5.41) is 0. The van der Waals surface area contributed by atoms with Gasteiger partial charge in [-0.25, -0.2) is 15.0 Å². The molecule has 1 spiro atoms. The lowest BCUT2D eigenvalue weighted by Gasteiger charge is -2.40. The molecule has 0 atom stereocenters. The van der Waals surface area contributed by atoms with Crippen LogP contribution < -0.4 is 0 Å². The monoisotopic (exact) mass is 731 g/mol. The zero-order valence-corrected chi connectivity index (χ0v) is 31.1. The molecule has 0 radical (unpaired) electrons. The predicted molar refractivity (Wildman–Crippen MR) is 228 cm³/mol. The molecule has 56 heavy (non-hydrogen) atoms. The first-order valence-corrected chi connectivity index (χ1v) is 19.8. The maximum Gasteiger partial charge on any atom is 0.164 e. The number of hydrogen-bond donors (Lipinski definition) is 0. The second kappa shape index (κ2) is 13.2. The number of aromatic nitrogens is 3. The van der Waals surface area contributed by atoms with E-state index in [9.17, 15) is 0 Å². The number of benzene rings is 8. The molecule has 0 saturated carbocycles. The van der Waals surface area contributed by atoms with E-state index >= 15 is 0 Å². The lowest BCUT2D eigenvalue weighted by atomic mass is 9.67. The van der Waals surface area contributed by atoms with E-state index in [1.54, 1.807) is 0 Å². The van der Waals surface area contributed by atoms with E-state index in [2.05, 4.69) is 164 Å². The van der Waals surface area contributed by atoms with Gasteiger partial charge in [0.15, 0.2) is 17.5 Å². The molecule has 8 aromatic carbocycles. The van der Waals surface area contributed by atoms with Crippen molar-refractivity contribution >= 4 is 11.8 Å². The predicted octanol–water partition coefficient (Wildman–Crippen LogP) is 13.0. The molecule has 0 fully saturated rings. The van der Waals surface area contributed by atoms with Gasteiger partial charge in [0.05, 0.1) is 5.41 Å². The van der Waals surface area contributed by atoms with Crippen molar-refractivity contribution in [1.29, 1.82) is 0 Å². The summed E-state index contributed by atoms with van der Waals surface area (Å²) in [7, 11) is 0.